The van der Waals surface area contributed by atoms with E-state index in [1.807, 2.05) is 49.9 Å². The van der Waals surface area contributed by atoms with Crippen LogP contribution in [0.5, 0.6) is 5.75 Å². The van der Waals surface area contributed by atoms with Crippen molar-refractivity contribution >= 4 is 23.6 Å². The van der Waals surface area contributed by atoms with Crippen LogP contribution < -0.4 is 26.4 Å². The van der Waals surface area contributed by atoms with Crippen molar-refractivity contribution in [1.29, 1.82) is 0 Å². The van der Waals surface area contributed by atoms with E-state index < -0.39 is 30.0 Å². The molecule has 4 atom stereocenters. The number of hydrogen-bond donors (Lipinski definition) is 5. The molecule has 3 aliphatic heterocycles. The van der Waals surface area contributed by atoms with E-state index in [0.717, 1.165) is 37.0 Å². The number of primary amides is 1. The number of nitrogens with one attached hydrogen (secondary N) is 3. The molecule has 6 N–H and O–H groups in total. The van der Waals surface area contributed by atoms with Crippen LogP contribution in [0.1, 0.15) is 77.7 Å². The molecule has 0 aromatic heterocycles. The fourth-order valence-corrected chi connectivity index (χ4v) is 5.30. The first-order valence-electron chi connectivity index (χ1n) is 14.7. The van der Waals surface area contributed by atoms with Crippen LogP contribution in [0, 0.1) is 0 Å². The summed E-state index contributed by atoms with van der Waals surface area (Å²) in [6.07, 6.45) is 3.76. The average molecular weight is 574 g/mol. The van der Waals surface area contributed by atoms with E-state index in [0.29, 0.717) is 26.0 Å². The number of likely N-dealkylation sites (tertiary alicyclic amines) is 1. The monoisotopic (exact) mass is 573 g/mol. The maximum atomic E-state index is 13.4. The van der Waals surface area contributed by atoms with E-state index in [1.165, 1.54) is 0 Å². The Labute approximate surface area is 242 Å². The molecule has 3 aliphatic rings. The van der Waals surface area contributed by atoms with Gasteiger partial charge in [0.1, 0.15) is 11.8 Å². The minimum absolute atomic E-state index is 0.0813. The van der Waals surface area contributed by atoms with Crippen LogP contribution in [0.15, 0.2) is 24.3 Å². The predicted molar refractivity (Wildman–Crippen MR) is 155 cm³/mol. The summed E-state index contributed by atoms with van der Waals surface area (Å²) >= 11 is 0. The topological polar surface area (TPSA) is 163 Å². The number of amides is 4. The molecule has 1 aromatic carbocycles. The van der Waals surface area contributed by atoms with E-state index in [2.05, 4.69) is 16.0 Å². The van der Waals surface area contributed by atoms with Gasteiger partial charge >= 0.3 is 0 Å². The molecule has 1 saturated heterocycles. The van der Waals surface area contributed by atoms with Gasteiger partial charge in [0.2, 0.25) is 23.6 Å². The van der Waals surface area contributed by atoms with Gasteiger partial charge in [-0.2, -0.15) is 0 Å². The van der Waals surface area contributed by atoms with E-state index >= 15 is 0 Å². The molecule has 4 rings (SSSR count). The Kier molecular flexibility index (Phi) is 12.0. The molecule has 0 saturated carbocycles. The molecule has 0 radical (unpaired) electrons. The molecule has 2 bridgehead atoms. The summed E-state index contributed by atoms with van der Waals surface area (Å²) in [5.74, 6) is -1.02. The number of hydrogen-bond acceptors (Lipinski definition) is 7. The SMILES string of the molecule is CC(C)(C)NC(=O)[C@@H]1CCCCN1C[C@@H](O)[C@H]1Cc2ccc(cc2)OCCCCCC(=O)N[C@@H](CC(N)=O)C(=O)N1. The number of nitrogens with zero attached hydrogens (tertiary/aromatic N) is 1. The van der Waals surface area contributed by atoms with Crippen molar-refractivity contribution in [3.8, 4) is 5.75 Å². The van der Waals surface area contributed by atoms with Gasteiger partial charge in [0.15, 0.2) is 0 Å². The molecule has 41 heavy (non-hydrogen) atoms. The summed E-state index contributed by atoms with van der Waals surface area (Å²) in [5.41, 5.74) is 5.88. The minimum Gasteiger partial charge on any atom is -0.494 e. The second-order valence-electron chi connectivity index (χ2n) is 12.2. The minimum atomic E-state index is -1.16. The van der Waals surface area contributed by atoms with Gasteiger partial charge in [-0.15, -0.1) is 0 Å². The number of nitrogens with two attached hydrogens (primary N) is 1. The van der Waals surface area contributed by atoms with Crippen molar-refractivity contribution in [1.82, 2.24) is 20.9 Å². The lowest BCUT2D eigenvalue weighted by Crippen LogP contribution is -2.59. The van der Waals surface area contributed by atoms with Crippen LogP contribution in [-0.2, 0) is 25.6 Å². The number of piperidine rings is 1. The predicted octanol–water partition coefficient (Wildman–Crippen LogP) is 1.16. The van der Waals surface area contributed by atoms with E-state index in [4.69, 9.17) is 10.5 Å². The highest BCUT2D eigenvalue weighted by atomic mass is 16.5. The quantitative estimate of drug-likeness (QED) is 0.341. The van der Waals surface area contributed by atoms with Crippen molar-refractivity contribution in [3.63, 3.8) is 0 Å². The molecule has 1 aromatic rings. The molecule has 11 nitrogen and oxygen atoms in total. The smallest absolute Gasteiger partial charge is 0.243 e. The third-order valence-electron chi connectivity index (χ3n) is 7.38. The summed E-state index contributed by atoms with van der Waals surface area (Å²) in [4.78, 5) is 52.8. The standard InChI is InChI=1S/C30H47N5O6/c1-30(2,3)34-29(40)24-9-6-7-15-35(24)19-25(36)22-17-20-11-13-21(14-12-20)41-16-8-4-5-10-27(38)32-23(18-26(31)37)28(39)33-22/h11-14,22-25,36H,4-10,15-19H2,1-3H3,(H2,31,37)(H,32,38)(H,33,39)(H,34,40)/t22-,23+,24+,25-/m1/s1. The number of aliphatic hydroxyl groups excluding tert-OH is 1. The average Bonchev–Trinajstić information content (AvgIpc) is 2.89. The maximum absolute atomic E-state index is 13.4. The van der Waals surface area contributed by atoms with Crippen LogP contribution in [0.4, 0.5) is 0 Å². The number of carbonyl (C=O) groups is 4. The summed E-state index contributed by atoms with van der Waals surface area (Å²) in [7, 11) is 0. The molecule has 0 aliphatic carbocycles. The second-order valence-corrected chi connectivity index (χ2v) is 12.2. The lowest BCUT2D eigenvalue weighted by molar-refractivity contribution is -0.132. The van der Waals surface area contributed by atoms with Crippen LogP contribution >= 0.6 is 0 Å². The van der Waals surface area contributed by atoms with E-state index in [1.54, 1.807) is 0 Å². The van der Waals surface area contributed by atoms with Gasteiger partial charge < -0.3 is 31.5 Å². The van der Waals surface area contributed by atoms with E-state index in [-0.39, 0.29) is 49.2 Å². The first-order valence-corrected chi connectivity index (χ1v) is 14.7. The Morgan fingerprint density at radius 1 is 1.10 bits per heavy atom. The van der Waals surface area contributed by atoms with Crippen LogP contribution in [0.25, 0.3) is 0 Å². The fraction of sp³-hybridized carbons (Fsp3) is 0.667. The van der Waals surface area contributed by atoms with Crippen molar-refractivity contribution in [2.45, 2.75) is 108 Å². The van der Waals surface area contributed by atoms with Crippen molar-refractivity contribution in [3.05, 3.63) is 29.8 Å². The molecule has 3 heterocycles. The van der Waals surface area contributed by atoms with Crippen LogP contribution in [0.3, 0.4) is 0 Å². The lowest BCUT2D eigenvalue weighted by atomic mass is 9.96. The van der Waals surface area contributed by atoms with Crippen LogP contribution in [-0.4, -0.2) is 83.1 Å². The molecular weight excluding hydrogens is 526 g/mol. The number of rotatable bonds is 6. The third kappa shape index (κ3) is 11.0. The molecule has 228 valence electrons. The van der Waals surface area contributed by atoms with Gasteiger partial charge in [0.25, 0.3) is 0 Å². The molecular formula is C30H47N5O6. The number of carbonyl (C=O) groups excluding carboxylic acids is 4. The zero-order valence-corrected chi connectivity index (χ0v) is 24.6. The van der Waals surface area contributed by atoms with Gasteiger partial charge in [0, 0.05) is 18.5 Å². The maximum Gasteiger partial charge on any atom is 0.243 e. The zero-order chi connectivity index (χ0) is 30.0. The third-order valence-corrected chi connectivity index (χ3v) is 7.38. The highest BCUT2D eigenvalue weighted by Gasteiger charge is 2.35. The Morgan fingerprint density at radius 2 is 1.83 bits per heavy atom. The van der Waals surface area contributed by atoms with Gasteiger partial charge in [-0.3, -0.25) is 24.1 Å². The number of benzene rings is 1. The fourth-order valence-electron chi connectivity index (χ4n) is 5.30. The highest BCUT2D eigenvalue weighted by molar-refractivity contribution is 5.91. The van der Waals surface area contributed by atoms with Crippen molar-refractivity contribution < 1.29 is 29.0 Å². The normalized spacial score (nSPS) is 24.3. The summed E-state index contributed by atoms with van der Waals surface area (Å²) in [6.45, 7) is 7.13. The number of ether oxygens (including phenoxy) is 1. The van der Waals surface area contributed by atoms with E-state index in [9.17, 15) is 24.3 Å². The van der Waals surface area contributed by atoms with Gasteiger partial charge in [0.05, 0.1) is 31.2 Å². The van der Waals surface area contributed by atoms with Gasteiger partial charge in [-0.1, -0.05) is 18.6 Å². The van der Waals surface area contributed by atoms with Crippen LogP contribution in [0.2, 0.25) is 0 Å². The van der Waals surface area contributed by atoms with Gasteiger partial charge in [-0.05, 0) is 83.5 Å². The zero-order valence-electron chi connectivity index (χ0n) is 24.6. The van der Waals surface area contributed by atoms with Crippen molar-refractivity contribution in [2.24, 2.45) is 5.73 Å². The first-order chi connectivity index (χ1) is 19.4. The molecule has 0 spiro atoms. The summed E-state index contributed by atoms with van der Waals surface area (Å²) < 4.78 is 5.82. The summed E-state index contributed by atoms with van der Waals surface area (Å²) in [5, 5.41) is 20.1. The molecule has 0 unspecified atom stereocenters. The van der Waals surface area contributed by atoms with Crippen molar-refractivity contribution in [2.75, 3.05) is 19.7 Å². The Bertz CT molecular complexity index is 1040. The molecule has 1 fully saturated rings. The highest BCUT2D eigenvalue weighted by Crippen LogP contribution is 2.21. The number of aliphatic hydroxyl groups is 1. The molecule has 4 amide bonds. The Hall–Kier alpha value is -3.18. The number of fused-ring (bicyclic) bond motifs is 14. The van der Waals surface area contributed by atoms with Gasteiger partial charge in [-0.25, -0.2) is 0 Å². The molecule has 11 heteroatoms. The summed E-state index contributed by atoms with van der Waals surface area (Å²) in [6, 6.07) is 5.20. The largest absolute Gasteiger partial charge is 0.494 e. The number of β-amino-alcohol motifs (C(OH)–C–C–N with tert-alkyl or cyclic N) is 1. The Morgan fingerprint density at radius 3 is 2.51 bits per heavy atom. The second kappa shape index (κ2) is 15.2. The lowest BCUT2D eigenvalue weighted by Gasteiger charge is -2.39. The Balaban J connectivity index is 1.83. The first kappa shape index (κ1) is 32.3.